The van der Waals surface area contributed by atoms with Gasteiger partial charge in [-0.3, -0.25) is 9.59 Å². The van der Waals surface area contributed by atoms with Crippen LogP contribution in [0.4, 0.5) is 18.9 Å². The average Bonchev–Trinajstić information content (AvgIpc) is 2.54. The summed E-state index contributed by atoms with van der Waals surface area (Å²) in [5.41, 5.74) is -1.86. The van der Waals surface area contributed by atoms with E-state index in [0.717, 1.165) is 0 Å². The number of hydrogen-bond donors (Lipinski definition) is 2. The molecule has 5 nitrogen and oxygen atoms in total. The molecule has 8 heteroatoms. The molecular formula is C16H15F3N2O3. The second-order valence-electron chi connectivity index (χ2n) is 4.86. The van der Waals surface area contributed by atoms with Crippen molar-refractivity contribution < 1.29 is 22.7 Å². The first kappa shape index (κ1) is 17.7. The van der Waals surface area contributed by atoms with Gasteiger partial charge in [0, 0.05) is 12.8 Å². The summed E-state index contributed by atoms with van der Waals surface area (Å²) >= 11 is 0. The van der Waals surface area contributed by atoms with Crippen molar-refractivity contribution in [1.82, 2.24) is 4.98 Å². The number of rotatable bonds is 5. The molecule has 2 N–H and O–H groups in total. The van der Waals surface area contributed by atoms with Crippen LogP contribution in [0.15, 0.2) is 47.4 Å². The standard InChI is InChI=1S/C16H15F3N2O3/c1-2-24-13(10-6-4-3-5-7-10)15(23)21-12-8-11(16(17,18)19)9-20-14(12)22/h3-9,13H,2H2,1H3,(H,20,22)(H,21,23)/t13-/m0/s1. The number of carbonyl (C=O) groups is 1. The van der Waals surface area contributed by atoms with Gasteiger partial charge < -0.3 is 15.0 Å². The first-order valence-electron chi connectivity index (χ1n) is 7.10. The number of pyridine rings is 1. The van der Waals surface area contributed by atoms with E-state index in [1.165, 1.54) is 0 Å². The van der Waals surface area contributed by atoms with Crippen LogP contribution in [0.5, 0.6) is 0 Å². The van der Waals surface area contributed by atoms with Crippen molar-refractivity contribution in [3.05, 3.63) is 64.1 Å². The Hall–Kier alpha value is -2.61. The van der Waals surface area contributed by atoms with E-state index >= 15 is 0 Å². The molecule has 2 rings (SSSR count). The topological polar surface area (TPSA) is 71.2 Å². The molecule has 1 amide bonds. The predicted octanol–water partition coefficient (Wildman–Crippen LogP) is 3.11. The molecular weight excluding hydrogens is 325 g/mol. The van der Waals surface area contributed by atoms with Crippen molar-refractivity contribution >= 4 is 11.6 Å². The highest BCUT2D eigenvalue weighted by Crippen LogP contribution is 2.29. The van der Waals surface area contributed by atoms with Gasteiger partial charge in [0.1, 0.15) is 5.69 Å². The van der Waals surface area contributed by atoms with Gasteiger partial charge >= 0.3 is 6.18 Å². The minimum absolute atomic E-state index is 0.214. The SMILES string of the molecule is CCO[C@H](C(=O)Nc1cc(C(F)(F)F)c[nH]c1=O)c1ccccc1. The van der Waals surface area contributed by atoms with Crippen LogP contribution in [0.25, 0.3) is 0 Å². The fourth-order valence-electron chi connectivity index (χ4n) is 2.06. The number of anilines is 1. The summed E-state index contributed by atoms with van der Waals surface area (Å²) in [5, 5.41) is 2.20. The molecule has 1 heterocycles. The van der Waals surface area contributed by atoms with Crippen molar-refractivity contribution in [2.45, 2.75) is 19.2 Å². The molecule has 2 aromatic rings. The number of alkyl halides is 3. The smallest absolute Gasteiger partial charge is 0.364 e. The van der Waals surface area contributed by atoms with Crippen LogP contribution in [-0.4, -0.2) is 17.5 Å². The van der Waals surface area contributed by atoms with Crippen molar-refractivity contribution in [2.75, 3.05) is 11.9 Å². The van der Waals surface area contributed by atoms with Gasteiger partial charge in [-0.1, -0.05) is 30.3 Å². The molecule has 0 fully saturated rings. The molecule has 0 saturated heterocycles. The van der Waals surface area contributed by atoms with E-state index in [0.29, 0.717) is 17.8 Å². The summed E-state index contributed by atoms with van der Waals surface area (Å²) < 4.78 is 43.5. The maximum absolute atomic E-state index is 12.7. The Morgan fingerprint density at radius 2 is 1.96 bits per heavy atom. The van der Waals surface area contributed by atoms with E-state index in [1.54, 1.807) is 37.3 Å². The van der Waals surface area contributed by atoms with Gasteiger partial charge in [0.05, 0.1) is 5.56 Å². The van der Waals surface area contributed by atoms with Gasteiger partial charge in [-0.2, -0.15) is 13.2 Å². The Balaban J connectivity index is 2.29. The van der Waals surface area contributed by atoms with Crippen LogP contribution in [0.3, 0.4) is 0 Å². The van der Waals surface area contributed by atoms with Crippen molar-refractivity contribution in [2.24, 2.45) is 0 Å². The van der Waals surface area contributed by atoms with Gasteiger partial charge in [0.15, 0.2) is 6.10 Å². The fourth-order valence-corrected chi connectivity index (χ4v) is 2.06. The number of carbonyl (C=O) groups excluding carboxylic acids is 1. The molecule has 0 unspecified atom stereocenters. The molecule has 1 aromatic heterocycles. The molecule has 24 heavy (non-hydrogen) atoms. The third kappa shape index (κ3) is 4.23. The van der Waals surface area contributed by atoms with E-state index in [1.807, 2.05) is 4.98 Å². The van der Waals surface area contributed by atoms with Crippen LogP contribution in [0, 0.1) is 0 Å². The number of aromatic amines is 1. The number of H-pyrrole nitrogens is 1. The maximum atomic E-state index is 12.7. The summed E-state index contributed by atoms with van der Waals surface area (Å²) in [6, 6.07) is 9.04. The normalized spacial score (nSPS) is 12.7. The van der Waals surface area contributed by atoms with E-state index in [9.17, 15) is 22.8 Å². The van der Waals surface area contributed by atoms with Crippen LogP contribution < -0.4 is 10.9 Å². The Kier molecular flexibility index (Phi) is 5.40. The fraction of sp³-hybridized carbons (Fsp3) is 0.250. The second-order valence-corrected chi connectivity index (χ2v) is 4.86. The van der Waals surface area contributed by atoms with Crippen LogP contribution in [-0.2, 0) is 15.7 Å². The first-order valence-corrected chi connectivity index (χ1v) is 7.10. The van der Waals surface area contributed by atoms with Crippen molar-refractivity contribution in [3.8, 4) is 0 Å². The highest BCUT2D eigenvalue weighted by atomic mass is 19.4. The quantitative estimate of drug-likeness (QED) is 0.878. The van der Waals surface area contributed by atoms with Crippen molar-refractivity contribution in [3.63, 3.8) is 0 Å². The zero-order chi connectivity index (χ0) is 17.7. The van der Waals surface area contributed by atoms with Gasteiger partial charge in [0.25, 0.3) is 11.5 Å². The van der Waals surface area contributed by atoms with Crippen LogP contribution in [0.2, 0.25) is 0 Å². The Morgan fingerprint density at radius 1 is 1.29 bits per heavy atom. The summed E-state index contributed by atoms with van der Waals surface area (Å²) in [5.74, 6) is -0.729. The number of ether oxygens (including phenoxy) is 1. The number of aromatic nitrogens is 1. The zero-order valence-electron chi connectivity index (χ0n) is 12.7. The molecule has 0 aliphatic heterocycles. The Labute approximate surface area is 135 Å². The summed E-state index contributed by atoms with van der Waals surface area (Å²) in [7, 11) is 0. The van der Waals surface area contributed by atoms with E-state index in [-0.39, 0.29) is 6.61 Å². The molecule has 1 aromatic carbocycles. The zero-order valence-corrected chi connectivity index (χ0v) is 12.7. The van der Waals surface area contributed by atoms with Gasteiger partial charge in [-0.25, -0.2) is 0 Å². The van der Waals surface area contributed by atoms with E-state index < -0.39 is 35.0 Å². The molecule has 0 bridgehead atoms. The lowest BCUT2D eigenvalue weighted by atomic mass is 10.1. The van der Waals surface area contributed by atoms with E-state index in [2.05, 4.69) is 5.32 Å². The molecule has 0 aliphatic rings. The largest absolute Gasteiger partial charge is 0.417 e. The van der Waals surface area contributed by atoms with Gasteiger partial charge in [0.2, 0.25) is 0 Å². The third-order valence-corrected chi connectivity index (χ3v) is 3.16. The Bertz CT molecular complexity index is 757. The number of halogens is 3. The third-order valence-electron chi connectivity index (χ3n) is 3.16. The number of hydrogen-bond acceptors (Lipinski definition) is 3. The second kappa shape index (κ2) is 7.31. The number of benzene rings is 1. The minimum Gasteiger partial charge on any atom is -0.364 e. The van der Waals surface area contributed by atoms with Gasteiger partial charge in [-0.05, 0) is 18.6 Å². The first-order chi connectivity index (χ1) is 11.3. The summed E-state index contributed by atoms with van der Waals surface area (Å²) in [6.45, 7) is 1.90. The number of amides is 1. The van der Waals surface area contributed by atoms with Gasteiger partial charge in [-0.15, -0.1) is 0 Å². The lowest BCUT2D eigenvalue weighted by molar-refractivity contribution is -0.138. The highest BCUT2D eigenvalue weighted by Gasteiger charge is 2.32. The predicted molar refractivity (Wildman–Crippen MR) is 81.5 cm³/mol. The molecule has 0 saturated carbocycles. The molecule has 128 valence electrons. The highest BCUT2D eigenvalue weighted by molar-refractivity contribution is 5.94. The molecule has 1 atom stereocenters. The summed E-state index contributed by atoms with van der Waals surface area (Å²) in [4.78, 5) is 26.0. The Morgan fingerprint density at radius 3 is 2.54 bits per heavy atom. The molecule has 0 spiro atoms. The van der Waals surface area contributed by atoms with Crippen LogP contribution >= 0.6 is 0 Å². The summed E-state index contributed by atoms with van der Waals surface area (Å²) in [6.07, 6.45) is -5.12. The average molecular weight is 340 g/mol. The minimum atomic E-state index is -4.64. The van der Waals surface area contributed by atoms with Crippen molar-refractivity contribution in [1.29, 1.82) is 0 Å². The molecule has 0 aliphatic carbocycles. The molecule has 0 radical (unpaired) electrons. The van der Waals surface area contributed by atoms with E-state index in [4.69, 9.17) is 4.74 Å². The maximum Gasteiger partial charge on any atom is 0.417 e. The van der Waals surface area contributed by atoms with Crippen LogP contribution in [0.1, 0.15) is 24.2 Å². The monoisotopic (exact) mass is 340 g/mol. The number of nitrogens with one attached hydrogen (secondary N) is 2. The lowest BCUT2D eigenvalue weighted by Crippen LogP contribution is -2.27. The lowest BCUT2D eigenvalue weighted by Gasteiger charge is -2.17.